The predicted molar refractivity (Wildman–Crippen MR) is 115 cm³/mol. The van der Waals surface area contributed by atoms with Gasteiger partial charge >= 0.3 is 5.97 Å². The van der Waals surface area contributed by atoms with Crippen LogP contribution in [-0.4, -0.2) is 38.7 Å². The van der Waals surface area contributed by atoms with Crippen molar-refractivity contribution in [2.24, 2.45) is 23.2 Å². The summed E-state index contributed by atoms with van der Waals surface area (Å²) < 4.78 is 7.63. The first-order valence-electron chi connectivity index (χ1n) is 11.9. The number of hydrogen-bond donors (Lipinski definition) is 0. The normalized spacial score (nSPS) is 33.9. The van der Waals surface area contributed by atoms with Crippen LogP contribution in [0.1, 0.15) is 62.6 Å². The lowest BCUT2D eigenvalue weighted by Crippen LogP contribution is -2.56. The number of aromatic nitrogens is 2. The van der Waals surface area contributed by atoms with Crippen LogP contribution >= 0.6 is 0 Å². The minimum atomic E-state index is -0.431. The molecule has 1 amide bonds. The van der Waals surface area contributed by atoms with Crippen LogP contribution in [0.2, 0.25) is 0 Å². The molecule has 164 valence electrons. The zero-order chi connectivity index (χ0) is 21.2. The summed E-state index contributed by atoms with van der Waals surface area (Å²) in [6.45, 7) is 2.86. The number of aryl methyl sites for hydroxylation is 1. The van der Waals surface area contributed by atoms with Crippen molar-refractivity contribution in [3.63, 3.8) is 0 Å². The summed E-state index contributed by atoms with van der Waals surface area (Å²) in [4.78, 5) is 33.2. The molecule has 31 heavy (non-hydrogen) atoms. The highest BCUT2D eigenvalue weighted by Crippen LogP contribution is 2.60. The van der Waals surface area contributed by atoms with E-state index in [2.05, 4.69) is 4.98 Å². The van der Waals surface area contributed by atoms with E-state index in [-0.39, 0.29) is 23.9 Å². The smallest absolute Gasteiger partial charge is 0.329 e. The van der Waals surface area contributed by atoms with Gasteiger partial charge in [-0.1, -0.05) is 6.07 Å². The number of carbonyl (C=O) groups excluding carboxylic acids is 2. The standard InChI is InChI=1S/C25H31N3O3/c1-16-4-2-6-27-14-20(26-22(16)27)15-31-23(29)21-5-3-7-28(21)24(30)25-11-17-8-18(12-25)10-19(9-17)13-25/h2,4,6,14,17-19,21H,3,5,7-13,15H2,1H3. The Morgan fingerprint density at radius 1 is 1.16 bits per heavy atom. The molecular weight excluding hydrogens is 390 g/mol. The minimum absolute atomic E-state index is 0.149. The number of likely N-dealkylation sites (tertiary alicyclic amines) is 1. The van der Waals surface area contributed by atoms with Crippen LogP contribution in [0.5, 0.6) is 0 Å². The second-order valence-electron chi connectivity index (χ2n) is 10.6. The van der Waals surface area contributed by atoms with Gasteiger partial charge in [0.15, 0.2) is 0 Å². The van der Waals surface area contributed by atoms with Gasteiger partial charge in [0, 0.05) is 18.9 Å². The molecule has 4 saturated carbocycles. The molecule has 0 radical (unpaired) electrons. The molecule has 5 fully saturated rings. The summed E-state index contributed by atoms with van der Waals surface area (Å²) in [5.41, 5.74) is 2.51. The molecule has 0 N–H and O–H groups in total. The molecule has 6 heteroatoms. The number of ether oxygens (including phenoxy) is 1. The van der Waals surface area contributed by atoms with Gasteiger partial charge in [0.05, 0.1) is 11.1 Å². The monoisotopic (exact) mass is 421 g/mol. The highest BCUT2D eigenvalue weighted by atomic mass is 16.5. The van der Waals surface area contributed by atoms with Crippen molar-refractivity contribution in [2.45, 2.75) is 70.9 Å². The SMILES string of the molecule is Cc1cccn2cc(COC(=O)C3CCCN3C(=O)C34CC5CC(CC(C5)C3)C4)nc12. The number of nitrogens with zero attached hydrogens (tertiary/aromatic N) is 3. The van der Waals surface area contributed by atoms with Gasteiger partial charge in [0.2, 0.25) is 5.91 Å². The zero-order valence-corrected chi connectivity index (χ0v) is 18.3. The number of carbonyl (C=O) groups is 2. The molecule has 4 bridgehead atoms. The summed E-state index contributed by atoms with van der Waals surface area (Å²) in [5.74, 6) is 2.14. The van der Waals surface area contributed by atoms with Gasteiger partial charge in [-0.3, -0.25) is 4.79 Å². The van der Waals surface area contributed by atoms with E-state index in [4.69, 9.17) is 4.74 Å². The third-order valence-electron chi connectivity index (χ3n) is 8.37. The molecule has 1 unspecified atom stereocenters. The molecule has 1 aliphatic heterocycles. The fourth-order valence-corrected chi connectivity index (χ4v) is 7.45. The van der Waals surface area contributed by atoms with Gasteiger partial charge in [-0.05, 0) is 87.7 Å². The van der Waals surface area contributed by atoms with E-state index in [1.54, 1.807) is 0 Å². The molecule has 6 nitrogen and oxygen atoms in total. The second kappa shape index (κ2) is 7.07. The average Bonchev–Trinajstić information content (AvgIpc) is 3.38. The molecule has 3 heterocycles. The number of fused-ring (bicyclic) bond motifs is 1. The van der Waals surface area contributed by atoms with Crippen LogP contribution in [0.25, 0.3) is 5.65 Å². The molecular formula is C25H31N3O3. The van der Waals surface area contributed by atoms with E-state index >= 15 is 0 Å². The number of esters is 1. The van der Waals surface area contributed by atoms with Crippen molar-refractivity contribution in [1.29, 1.82) is 0 Å². The third kappa shape index (κ3) is 3.17. The molecule has 2 aromatic rings. The van der Waals surface area contributed by atoms with Crippen molar-refractivity contribution in [2.75, 3.05) is 6.54 Å². The quantitative estimate of drug-likeness (QED) is 0.703. The van der Waals surface area contributed by atoms with Crippen molar-refractivity contribution in [3.05, 3.63) is 35.8 Å². The Kier molecular flexibility index (Phi) is 4.41. The van der Waals surface area contributed by atoms with E-state index in [0.717, 1.165) is 60.3 Å². The summed E-state index contributed by atoms with van der Waals surface area (Å²) in [6, 6.07) is 3.57. The fourth-order valence-electron chi connectivity index (χ4n) is 7.45. The summed E-state index contributed by atoms with van der Waals surface area (Å²) in [6.07, 6.45) is 12.5. The Morgan fingerprint density at radius 3 is 2.55 bits per heavy atom. The van der Waals surface area contributed by atoms with Gasteiger partial charge in [-0.25, -0.2) is 9.78 Å². The van der Waals surface area contributed by atoms with Crippen molar-refractivity contribution in [3.8, 4) is 0 Å². The lowest BCUT2D eigenvalue weighted by Gasteiger charge is -2.56. The molecule has 0 aromatic carbocycles. The van der Waals surface area contributed by atoms with Crippen LogP contribution < -0.4 is 0 Å². The largest absolute Gasteiger partial charge is 0.458 e. The van der Waals surface area contributed by atoms with Crippen LogP contribution in [0, 0.1) is 30.1 Å². The predicted octanol–water partition coefficient (Wildman–Crippen LogP) is 3.89. The molecule has 1 atom stereocenters. The molecule has 5 aliphatic rings. The number of hydrogen-bond acceptors (Lipinski definition) is 4. The van der Waals surface area contributed by atoms with Gasteiger partial charge < -0.3 is 14.0 Å². The van der Waals surface area contributed by atoms with Crippen molar-refractivity contribution >= 4 is 17.5 Å². The van der Waals surface area contributed by atoms with E-state index in [1.165, 1.54) is 19.3 Å². The number of imidazole rings is 1. The first-order chi connectivity index (χ1) is 15.0. The number of pyridine rings is 1. The molecule has 7 rings (SSSR count). The Balaban J connectivity index is 1.15. The Morgan fingerprint density at radius 2 is 1.87 bits per heavy atom. The molecule has 4 aliphatic carbocycles. The number of rotatable bonds is 4. The topological polar surface area (TPSA) is 63.9 Å². The van der Waals surface area contributed by atoms with Crippen molar-refractivity contribution < 1.29 is 14.3 Å². The van der Waals surface area contributed by atoms with Crippen LogP contribution in [0.3, 0.4) is 0 Å². The highest BCUT2D eigenvalue weighted by Gasteiger charge is 2.57. The van der Waals surface area contributed by atoms with Gasteiger partial charge in [0.1, 0.15) is 18.3 Å². The maximum atomic E-state index is 13.7. The fraction of sp³-hybridized carbons (Fsp3) is 0.640. The molecule has 1 saturated heterocycles. The maximum Gasteiger partial charge on any atom is 0.329 e. The lowest BCUT2D eigenvalue weighted by molar-refractivity contribution is -0.166. The highest BCUT2D eigenvalue weighted by molar-refractivity contribution is 5.89. The second-order valence-corrected chi connectivity index (χ2v) is 10.6. The lowest BCUT2D eigenvalue weighted by atomic mass is 9.49. The van der Waals surface area contributed by atoms with Crippen LogP contribution in [0.15, 0.2) is 24.5 Å². The zero-order valence-electron chi connectivity index (χ0n) is 18.3. The summed E-state index contributed by atoms with van der Waals surface area (Å²) >= 11 is 0. The van der Waals surface area contributed by atoms with Gasteiger partial charge in [-0.15, -0.1) is 0 Å². The Hall–Kier alpha value is -2.37. The van der Waals surface area contributed by atoms with E-state index in [0.29, 0.717) is 13.0 Å². The van der Waals surface area contributed by atoms with Crippen molar-refractivity contribution in [1.82, 2.24) is 14.3 Å². The van der Waals surface area contributed by atoms with E-state index in [1.807, 2.05) is 40.8 Å². The number of amides is 1. The van der Waals surface area contributed by atoms with Gasteiger partial charge in [0.25, 0.3) is 0 Å². The van der Waals surface area contributed by atoms with Crippen LogP contribution in [-0.2, 0) is 20.9 Å². The van der Waals surface area contributed by atoms with Gasteiger partial charge in [-0.2, -0.15) is 0 Å². The Bertz CT molecular complexity index is 1010. The first-order valence-corrected chi connectivity index (χ1v) is 11.9. The Labute approximate surface area is 183 Å². The minimum Gasteiger partial charge on any atom is -0.458 e. The maximum absolute atomic E-state index is 13.7. The van der Waals surface area contributed by atoms with E-state index < -0.39 is 6.04 Å². The first kappa shape index (κ1) is 19.3. The molecule has 2 aromatic heterocycles. The molecule has 0 spiro atoms. The van der Waals surface area contributed by atoms with E-state index in [9.17, 15) is 9.59 Å². The summed E-state index contributed by atoms with van der Waals surface area (Å²) in [5, 5.41) is 0. The van der Waals surface area contributed by atoms with Crippen LogP contribution in [0.4, 0.5) is 0 Å². The average molecular weight is 422 g/mol. The third-order valence-corrected chi connectivity index (χ3v) is 8.37. The summed E-state index contributed by atoms with van der Waals surface area (Å²) in [7, 11) is 0.